The SMILES string of the molecule is Cc1ccc(S(=O)CC(N)c2ccc(C(C)C)cc2)cc1. The summed E-state index contributed by atoms with van der Waals surface area (Å²) in [6.07, 6.45) is 0. The van der Waals surface area contributed by atoms with E-state index in [0.717, 1.165) is 10.5 Å². The van der Waals surface area contributed by atoms with E-state index < -0.39 is 10.8 Å². The summed E-state index contributed by atoms with van der Waals surface area (Å²) in [5, 5.41) is 0. The first kappa shape index (κ1) is 15.9. The zero-order chi connectivity index (χ0) is 15.4. The van der Waals surface area contributed by atoms with Crippen LogP contribution in [0.15, 0.2) is 53.4 Å². The topological polar surface area (TPSA) is 43.1 Å². The first-order valence-corrected chi connectivity index (χ1v) is 8.59. The molecule has 21 heavy (non-hydrogen) atoms. The highest BCUT2D eigenvalue weighted by atomic mass is 32.2. The van der Waals surface area contributed by atoms with Crippen molar-refractivity contribution in [3.63, 3.8) is 0 Å². The van der Waals surface area contributed by atoms with E-state index >= 15 is 0 Å². The molecule has 3 heteroatoms. The maximum atomic E-state index is 12.3. The molecule has 2 rings (SSSR count). The molecular weight excluding hydrogens is 278 g/mol. The Balaban J connectivity index is 2.05. The average molecular weight is 301 g/mol. The minimum atomic E-state index is -1.06. The third-order valence-electron chi connectivity index (χ3n) is 3.65. The van der Waals surface area contributed by atoms with Crippen molar-refractivity contribution in [2.24, 2.45) is 5.73 Å². The molecule has 0 heterocycles. The molecule has 0 saturated carbocycles. The fourth-order valence-electron chi connectivity index (χ4n) is 2.17. The third-order valence-corrected chi connectivity index (χ3v) is 5.11. The molecule has 0 aliphatic rings. The monoisotopic (exact) mass is 301 g/mol. The van der Waals surface area contributed by atoms with Crippen LogP contribution in [0.25, 0.3) is 0 Å². The van der Waals surface area contributed by atoms with Gasteiger partial charge in [0.2, 0.25) is 0 Å². The van der Waals surface area contributed by atoms with Crippen LogP contribution in [0.5, 0.6) is 0 Å². The van der Waals surface area contributed by atoms with Crippen molar-refractivity contribution in [3.8, 4) is 0 Å². The van der Waals surface area contributed by atoms with Gasteiger partial charge in [-0.05, 0) is 36.1 Å². The van der Waals surface area contributed by atoms with Gasteiger partial charge in [0, 0.05) is 16.7 Å². The van der Waals surface area contributed by atoms with Crippen molar-refractivity contribution in [2.75, 3.05) is 5.75 Å². The lowest BCUT2D eigenvalue weighted by molar-refractivity contribution is 0.675. The maximum Gasteiger partial charge on any atom is 0.0548 e. The highest BCUT2D eigenvalue weighted by Crippen LogP contribution is 2.19. The number of benzene rings is 2. The minimum Gasteiger partial charge on any atom is -0.323 e. The standard InChI is InChI=1S/C18H23NOS/c1-13(2)15-6-8-16(9-7-15)18(19)12-21(20)17-10-4-14(3)5-11-17/h4-11,13,18H,12,19H2,1-3H3. The molecule has 2 aromatic rings. The van der Waals surface area contributed by atoms with Crippen LogP contribution in [0, 0.1) is 6.92 Å². The molecule has 0 aromatic heterocycles. The van der Waals surface area contributed by atoms with Gasteiger partial charge in [0.05, 0.1) is 10.8 Å². The quantitative estimate of drug-likeness (QED) is 0.909. The lowest BCUT2D eigenvalue weighted by Crippen LogP contribution is -2.18. The summed E-state index contributed by atoms with van der Waals surface area (Å²) in [5.74, 6) is 0.960. The number of nitrogens with two attached hydrogens (primary N) is 1. The molecule has 0 amide bonds. The lowest BCUT2D eigenvalue weighted by Gasteiger charge is -2.13. The normalized spacial score (nSPS) is 14.1. The van der Waals surface area contributed by atoms with Crippen molar-refractivity contribution in [3.05, 3.63) is 65.2 Å². The molecule has 0 aliphatic carbocycles. The van der Waals surface area contributed by atoms with Crippen LogP contribution >= 0.6 is 0 Å². The molecule has 0 fully saturated rings. The van der Waals surface area contributed by atoms with Gasteiger partial charge in [-0.3, -0.25) is 4.21 Å². The molecule has 2 aromatic carbocycles. The molecule has 0 aliphatic heterocycles. The molecule has 2 nitrogen and oxygen atoms in total. The predicted octanol–water partition coefficient (Wildman–Crippen LogP) is 3.93. The van der Waals surface area contributed by atoms with Crippen LogP contribution in [0.3, 0.4) is 0 Å². The summed E-state index contributed by atoms with van der Waals surface area (Å²) in [4.78, 5) is 0.842. The van der Waals surface area contributed by atoms with Crippen LogP contribution < -0.4 is 5.73 Å². The Kier molecular flexibility index (Phi) is 5.32. The molecule has 0 radical (unpaired) electrons. The lowest BCUT2D eigenvalue weighted by atomic mass is 10.00. The predicted molar refractivity (Wildman–Crippen MR) is 89.9 cm³/mol. The summed E-state index contributed by atoms with van der Waals surface area (Å²) >= 11 is 0. The van der Waals surface area contributed by atoms with Crippen LogP contribution in [0.2, 0.25) is 0 Å². The van der Waals surface area contributed by atoms with Crippen LogP contribution in [0.1, 0.15) is 42.5 Å². The molecule has 0 saturated heterocycles. The second kappa shape index (κ2) is 7.01. The van der Waals surface area contributed by atoms with Crippen molar-refractivity contribution >= 4 is 10.8 Å². The fraction of sp³-hybridized carbons (Fsp3) is 0.333. The number of rotatable bonds is 5. The fourth-order valence-corrected chi connectivity index (χ4v) is 3.32. The Labute approximate surface area is 129 Å². The molecular formula is C18H23NOS. The van der Waals surface area contributed by atoms with E-state index in [2.05, 4.69) is 26.0 Å². The third kappa shape index (κ3) is 4.26. The Bertz CT molecular complexity index is 602. The average Bonchev–Trinajstić information content (AvgIpc) is 2.47. The second-order valence-electron chi connectivity index (χ2n) is 5.75. The van der Waals surface area contributed by atoms with E-state index in [1.807, 2.05) is 43.3 Å². The first-order valence-electron chi connectivity index (χ1n) is 7.28. The Morgan fingerprint density at radius 1 is 0.952 bits per heavy atom. The summed E-state index contributed by atoms with van der Waals surface area (Å²) in [5.41, 5.74) is 9.71. The van der Waals surface area contributed by atoms with Gasteiger partial charge in [0.1, 0.15) is 0 Å². The van der Waals surface area contributed by atoms with Gasteiger partial charge in [-0.15, -0.1) is 0 Å². The van der Waals surface area contributed by atoms with E-state index in [9.17, 15) is 4.21 Å². The van der Waals surface area contributed by atoms with Gasteiger partial charge in [-0.1, -0.05) is 55.8 Å². The minimum absolute atomic E-state index is 0.201. The first-order chi connectivity index (χ1) is 9.97. The largest absolute Gasteiger partial charge is 0.323 e. The van der Waals surface area contributed by atoms with Crippen LogP contribution in [-0.2, 0) is 10.8 Å². The van der Waals surface area contributed by atoms with Crippen LogP contribution in [0.4, 0.5) is 0 Å². The molecule has 112 valence electrons. The highest BCUT2D eigenvalue weighted by Gasteiger charge is 2.12. The van der Waals surface area contributed by atoms with Gasteiger partial charge < -0.3 is 5.73 Å². The van der Waals surface area contributed by atoms with Gasteiger partial charge in [-0.2, -0.15) is 0 Å². The second-order valence-corrected chi connectivity index (χ2v) is 7.25. The van der Waals surface area contributed by atoms with E-state index in [4.69, 9.17) is 5.73 Å². The van der Waals surface area contributed by atoms with Gasteiger partial charge in [0.25, 0.3) is 0 Å². The summed E-state index contributed by atoms with van der Waals surface area (Å²) in [6, 6.07) is 15.9. The molecule has 2 atom stereocenters. The molecule has 2 unspecified atom stereocenters. The Hall–Kier alpha value is -1.45. The highest BCUT2D eigenvalue weighted by molar-refractivity contribution is 7.85. The van der Waals surface area contributed by atoms with E-state index in [1.165, 1.54) is 11.1 Å². The van der Waals surface area contributed by atoms with E-state index in [-0.39, 0.29) is 6.04 Å². The van der Waals surface area contributed by atoms with Gasteiger partial charge in [-0.25, -0.2) is 0 Å². The van der Waals surface area contributed by atoms with Crippen molar-refractivity contribution in [2.45, 2.75) is 37.6 Å². The number of aryl methyl sites for hydroxylation is 1. The van der Waals surface area contributed by atoms with Gasteiger partial charge >= 0.3 is 0 Å². The number of hydrogen-bond acceptors (Lipinski definition) is 2. The maximum absolute atomic E-state index is 12.3. The summed E-state index contributed by atoms with van der Waals surface area (Å²) < 4.78 is 12.3. The van der Waals surface area contributed by atoms with Crippen molar-refractivity contribution < 1.29 is 4.21 Å². The zero-order valence-corrected chi connectivity index (χ0v) is 13.7. The Morgan fingerprint density at radius 3 is 2.00 bits per heavy atom. The van der Waals surface area contributed by atoms with Crippen LogP contribution in [-0.4, -0.2) is 9.96 Å². The van der Waals surface area contributed by atoms with Crippen molar-refractivity contribution in [1.82, 2.24) is 0 Å². The summed E-state index contributed by atoms with van der Waals surface area (Å²) in [7, 11) is -1.06. The summed E-state index contributed by atoms with van der Waals surface area (Å²) in [6.45, 7) is 6.36. The van der Waals surface area contributed by atoms with E-state index in [1.54, 1.807) is 0 Å². The number of hydrogen-bond donors (Lipinski definition) is 1. The molecule has 0 spiro atoms. The smallest absolute Gasteiger partial charge is 0.0548 e. The van der Waals surface area contributed by atoms with Crippen molar-refractivity contribution in [1.29, 1.82) is 0 Å². The zero-order valence-electron chi connectivity index (χ0n) is 12.9. The molecule has 0 bridgehead atoms. The van der Waals surface area contributed by atoms with Gasteiger partial charge in [0.15, 0.2) is 0 Å². The molecule has 2 N–H and O–H groups in total. The Morgan fingerprint density at radius 2 is 1.48 bits per heavy atom. The van der Waals surface area contributed by atoms with E-state index in [0.29, 0.717) is 11.7 Å².